The van der Waals surface area contributed by atoms with Crippen molar-refractivity contribution < 1.29 is 14.6 Å². The van der Waals surface area contributed by atoms with Crippen molar-refractivity contribution in [3.05, 3.63) is 66.6 Å². The van der Waals surface area contributed by atoms with Crippen LogP contribution in [0, 0.1) is 0 Å². The molecule has 3 rings (SSSR count). The van der Waals surface area contributed by atoms with E-state index in [2.05, 4.69) is 10.1 Å². The molecular formula is C15H11N3O3. The van der Waals surface area contributed by atoms with Crippen molar-refractivity contribution in [2.24, 2.45) is 0 Å². The topological polar surface area (TPSA) is 77.2 Å². The summed E-state index contributed by atoms with van der Waals surface area (Å²) in [6.07, 6.45) is 4.41. The van der Waals surface area contributed by atoms with E-state index in [4.69, 9.17) is 4.74 Å². The summed E-state index contributed by atoms with van der Waals surface area (Å²) in [7, 11) is 0. The summed E-state index contributed by atoms with van der Waals surface area (Å²) in [4.78, 5) is 15.2. The molecule has 0 aliphatic rings. The lowest BCUT2D eigenvalue weighted by molar-refractivity contribution is 0.0694. The third-order valence-corrected chi connectivity index (χ3v) is 2.82. The number of rotatable bonds is 4. The second kappa shape index (κ2) is 5.46. The molecule has 21 heavy (non-hydrogen) atoms. The predicted octanol–water partition coefficient (Wildman–Crippen LogP) is 2.76. The van der Waals surface area contributed by atoms with Crippen LogP contribution in [0.5, 0.6) is 11.6 Å². The number of aromatic nitrogens is 3. The van der Waals surface area contributed by atoms with E-state index < -0.39 is 5.97 Å². The monoisotopic (exact) mass is 281 g/mol. The summed E-state index contributed by atoms with van der Waals surface area (Å²) in [5.41, 5.74) is 0.713. The van der Waals surface area contributed by atoms with Gasteiger partial charge in [0.1, 0.15) is 11.3 Å². The lowest BCUT2D eigenvalue weighted by Crippen LogP contribution is -2.03. The second-order valence-corrected chi connectivity index (χ2v) is 4.20. The zero-order valence-corrected chi connectivity index (χ0v) is 10.9. The van der Waals surface area contributed by atoms with Gasteiger partial charge in [0.2, 0.25) is 5.88 Å². The molecule has 6 nitrogen and oxygen atoms in total. The number of carboxylic acid groups (broad SMARTS) is 1. The molecule has 0 radical (unpaired) electrons. The minimum atomic E-state index is -1.10. The van der Waals surface area contributed by atoms with Crippen molar-refractivity contribution in [2.75, 3.05) is 0 Å². The third-order valence-electron chi connectivity index (χ3n) is 2.82. The lowest BCUT2D eigenvalue weighted by Gasteiger charge is -2.09. The van der Waals surface area contributed by atoms with Gasteiger partial charge in [-0.05, 0) is 24.3 Å². The first-order valence-corrected chi connectivity index (χ1v) is 6.20. The van der Waals surface area contributed by atoms with E-state index in [0.717, 1.165) is 0 Å². The summed E-state index contributed by atoms with van der Waals surface area (Å²) in [5.74, 6) is -0.452. The van der Waals surface area contributed by atoms with Gasteiger partial charge in [-0.1, -0.05) is 18.2 Å². The van der Waals surface area contributed by atoms with E-state index >= 15 is 0 Å². The number of para-hydroxylation sites is 1. The van der Waals surface area contributed by atoms with E-state index in [1.54, 1.807) is 24.5 Å². The highest BCUT2D eigenvalue weighted by atomic mass is 16.5. The normalized spacial score (nSPS) is 10.3. The van der Waals surface area contributed by atoms with Gasteiger partial charge in [0.15, 0.2) is 0 Å². The van der Waals surface area contributed by atoms with Gasteiger partial charge >= 0.3 is 5.97 Å². The Bertz CT molecular complexity index is 754. The molecule has 2 heterocycles. The molecule has 0 saturated heterocycles. The molecule has 0 aliphatic heterocycles. The predicted molar refractivity (Wildman–Crippen MR) is 74.8 cm³/mol. The number of nitrogens with zero attached hydrogens (tertiary/aromatic N) is 3. The van der Waals surface area contributed by atoms with Gasteiger partial charge in [-0.3, -0.25) is 4.98 Å². The molecule has 1 N–H and O–H groups in total. The first-order chi connectivity index (χ1) is 10.3. The fraction of sp³-hybridized carbons (Fsp3) is 0. The van der Waals surface area contributed by atoms with Gasteiger partial charge in [0, 0.05) is 12.4 Å². The van der Waals surface area contributed by atoms with Gasteiger partial charge in [0.05, 0.1) is 11.9 Å². The second-order valence-electron chi connectivity index (χ2n) is 4.20. The molecule has 2 aromatic heterocycles. The summed E-state index contributed by atoms with van der Waals surface area (Å²) >= 11 is 0. The molecule has 0 atom stereocenters. The number of ether oxygens (including phenoxy) is 1. The quantitative estimate of drug-likeness (QED) is 0.795. The Balaban J connectivity index is 2.08. The number of hydrogen-bond acceptors (Lipinski definition) is 4. The van der Waals surface area contributed by atoms with Crippen LogP contribution in [0.2, 0.25) is 0 Å². The maximum absolute atomic E-state index is 11.3. The maximum Gasteiger partial charge on any atom is 0.342 e. The van der Waals surface area contributed by atoms with Gasteiger partial charge < -0.3 is 9.84 Å². The van der Waals surface area contributed by atoms with Crippen molar-refractivity contribution >= 4 is 5.97 Å². The number of hydrogen-bond donors (Lipinski definition) is 1. The third kappa shape index (κ3) is 2.59. The molecule has 6 heteroatoms. The Hall–Kier alpha value is -3.15. The van der Waals surface area contributed by atoms with E-state index in [-0.39, 0.29) is 11.4 Å². The average Bonchev–Trinajstić information content (AvgIpc) is 2.93. The highest BCUT2D eigenvalue weighted by molar-refractivity contribution is 5.90. The zero-order valence-electron chi connectivity index (χ0n) is 10.9. The van der Waals surface area contributed by atoms with Crippen LogP contribution in [-0.2, 0) is 0 Å². The number of pyridine rings is 1. The van der Waals surface area contributed by atoms with Crippen molar-refractivity contribution in [1.29, 1.82) is 0 Å². The minimum Gasteiger partial charge on any atom is -0.477 e. The Morgan fingerprint density at radius 1 is 1.10 bits per heavy atom. The van der Waals surface area contributed by atoms with Crippen molar-refractivity contribution in [3.8, 4) is 17.3 Å². The van der Waals surface area contributed by atoms with Crippen LogP contribution in [0.4, 0.5) is 0 Å². The molecule has 104 valence electrons. The molecule has 0 bridgehead atoms. The average molecular weight is 281 g/mol. The van der Waals surface area contributed by atoms with Crippen molar-refractivity contribution in [3.63, 3.8) is 0 Å². The van der Waals surface area contributed by atoms with Crippen LogP contribution in [0.3, 0.4) is 0 Å². The van der Waals surface area contributed by atoms with E-state index in [1.807, 2.05) is 30.3 Å². The van der Waals surface area contributed by atoms with E-state index in [0.29, 0.717) is 11.4 Å². The summed E-state index contributed by atoms with van der Waals surface area (Å²) in [6, 6.07) is 12.5. The van der Waals surface area contributed by atoms with Crippen LogP contribution in [0.15, 0.2) is 61.1 Å². The smallest absolute Gasteiger partial charge is 0.342 e. The molecule has 0 spiro atoms. The number of carbonyl (C=O) groups is 1. The number of aromatic carboxylic acids is 1. The number of benzene rings is 1. The number of carboxylic acids is 1. The molecule has 0 unspecified atom stereocenters. The first-order valence-electron chi connectivity index (χ1n) is 6.20. The van der Waals surface area contributed by atoms with Crippen molar-refractivity contribution in [1.82, 2.24) is 14.8 Å². The molecule has 0 saturated carbocycles. The lowest BCUT2D eigenvalue weighted by atomic mass is 10.3. The van der Waals surface area contributed by atoms with Gasteiger partial charge in [-0.15, -0.1) is 0 Å². The zero-order chi connectivity index (χ0) is 14.7. The van der Waals surface area contributed by atoms with Crippen LogP contribution in [0.25, 0.3) is 5.69 Å². The molecule has 3 aromatic rings. The highest BCUT2D eigenvalue weighted by Crippen LogP contribution is 2.27. The maximum atomic E-state index is 11.3. The van der Waals surface area contributed by atoms with E-state index in [1.165, 1.54) is 10.9 Å². The van der Waals surface area contributed by atoms with E-state index in [9.17, 15) is 9.90 Å². The standard InChI is InChI=1S/C15H11N3O3/c19-15(20)13-10-17-18(11-4-2-1-3-5-11)14(13)21-12-6-8-16-9-7-12/h1-10H,(H,19,20). The minimum absolute atomic E-state index is 0.00401. The first kappa shape index (κ1) is 12.9. The highest BCUT2D eigenvalue weighted by Gasteiger charge is 2.20. The van der Waals surface area contributed by atoms with Crippen LogP contribution < -0.4 is 4.74 Å². The molecule has 0 amide bonds. The summed E-state index contributed by atoms with van der Waals surface area (Å²) < 4.78 is 7.12. The van der Waals surface area contributed by atoms with Gasteiger partial charge in [-0.2, -0.15) is 9.78 Å². The van der Waals surface area contributed by atoms with Crippen LogP contribution >= 0.6 is 0 Å². The summed E-state index contributed by atoms with van der Waals surface area (Å²) in [6.45, 7) is 0. The SMILES string of the molecule is O=C(O)c1cnn(-c2ccccc2)c1Oc1ccncc1. The molecular weight excluding hydrogens is 270 g/mol. The Morgan fingerprint density at radius 3 is 2.48 bits per heavy atom. The fourth-order valence-electron chi connectivity index (χ4n) is 1.85. The molecule has 0 fully saturated rings. The fourth-order valence-corrected chi connectivity index (χ4v) is 1.85. The Kier molecular flexibility index (Phi) is 3.34. The molecule has 0 aliphatic carbocycles. The summed E-state index contributed by atoms with van der Waals surface area (Å²) in [5, 5.41) is 13.4. The van der Waals surface area contributed by atoms with Crippen LogP contribution in [0.1, 0.15) is 10.4 Å². The Labute approximate surface area is 120 Å². The Morgan fingerprint density at radius 2 is 1.81 bits per heavy atom. The molecule has 1 aromatic carbocycles. The van der Waals surface area contributed by atoms with Gasteiger partial charge in [0.25, 0.3) is 0 Å². The van der Waals surface area contributed by atoms with Gasteiger partial charge in [-0.25, -0.2) is 4.79 Å². The largest absolute Gasteiger partial charge is 0.477 e. The van der Waals surface area contributed by atoms with Crippen LogP contribution in [-0.4, -0.2) is 25.8 Å². The van der Waals surface area contributed by atoms with Crippen molar-refractivity contribution in [2.45, 2.75) is 0 Å².